The normalized spacial score (nSPS) is 10.4. The number of hydrogen-bond acceptors (Lipinski definition) is 6. The number of ether oxygens (including phenoxy) is 3. The number of carbonyl (C=O) groups is 3. The average molecular weight is 461 g/mol. The summed E-state index contributed by atoms with van der Waals surface area (Å²) >= 11 is 0. The van der Waals surface area contributed by atoms with E-state index in [1.54, 1.807) is 61.5 Å². The molecule has 3 aromatic carbocycles. The molecule has 0 aliphatic heterocycles. The van der Waals surface area contributed by atoms with Crippen LogP contribution in [0.4, 0.5) is 0 Å². The Balaban J connectivity index is 2.07. The molecule has 3 rings (SSSR count). The summed E-state index contributed by atoms with van der Waals surface area (Å²) in [6, 6.07) is 18.9. The summed E-state index contributed by atoms with van der Waals surface area (Å²) in [4.78, 5) is 38.1. The molecule has 6 heteroatoms. The molecule has 0 aliphatic rings. The molecule has 0 saturated carbocycles. The van der Waals surface area contributed by atoms with Gasteiger partial charge in [0.25, 0.3) is 0 Å². The highest BCUT2D eigenvalue weighted by molar-refractivity contribution is 6.04. The third-order valence-electron chi connectivity index (χ3n) is 5.33. The summed E-state index contributed by atoms with van der Waals surface area (Å²) in [6.45, 7) is 4.02. The van der Waals surface area contributed by atoms with Gasteiger partial charge in [-0.25, -0.2) is 14.4 Å². The Kier molecular flexibility index (Phi) is 8.57. The Bertz CT molecular complexity index is 1180. The van der Waals surface area contributed by atoms with Crippen LogP contribution < -0.4 is 4.74 Å². The number of methoxy groups -OCH3 is 1. The van der Waals surface area contributed by atoms with Crippen molar-refractivity contribution < 1.29 is 28.6 Å². The van der Waals surface area contributed by atoms with Crippen LogP contribution in [-0.2, 0) is 15.9 Å². The summed E-state index contributed by atoms with van der Waals surface area (Å²) in [6.07, 6.45) is 2.86. The van der Waals surface area contributed by atoms with Crippen LogP contribution in [-0.4, -0.2) is 31.6 Å². The summed E-state index contributed by atoms with van der Waals surface area (Å²) in [5.41, 5.74) is 2.95. The van der Waals surface area contributed by atoms with E-state index in [9.17, 15) is 14.4 Å². The molecule has 34 heavy (non-hydrogen) atoms. The number of esters is 3. The quantitative estimate of drug-likeness (QED) is 0.293. The Morgan fingerprint density at radius 3 is 2.12 bits per heavy atom. The van der Waals surface area contributed by atoms with Gasteiger partial charge in [-0.1, -0.05) is 55.8 Å². The second kappa shape index (κ2) is 11.8. The molecule has 0 amide bonds. The molecule has 0 aliphatic carbocycles. The highest BCUT2D eigenvalue weighted by atomic mass is 16.5. The fourth-order valence-corrected chi connectivity index (χ4v) is 3.62. The van der Waals surface area contributed by atoms with Gasteiger partial charge in [0.05, 0.1) is 24.8 Å². The van der Waals surface area contributed by atoms with Gasteiger partial charge in [-0.2, -0.15) is 0 Å². The zero-order valence-corrected chi connectivity index (χ0v) is 19.6. The average Bonchev–Trinajstić information content (AvgIpc) is 2.87. The predicted molar refractivity (Wildman–Crippen MR) is 129 cm³/mol. The topological polar surface area (TPSA) is 78.9 Å². The van der Waals surface area contributed by atoms with Crippen molar-refractivity contribution >= 4 is 17.9 Å². The van der Waals surface area contributed by atoms with Crippen LogP contribution in [0.25, 0.3) is 11.1 Å². The highest BCUT2D eigenvalue weighted by Crippen LogP contribution is 2.31. The first-order valence-corrected chi connectivity index (χ1v) is 11.3. The monoisotopic (exact) mass is 460 g/mol. The van der Waals surface area contributed by atoms with Crippen LogP contribution in [0.15, 0.2) is 66.7 Å². The Morgan fingerprint density at radius 2 is 1.41 bits per heavy atom. The van der Waals surface area contributed by atoms with E-state index in [0.29, 0.717) is 16.7 Å². The third-order valence-corrected chi connectivity index (χ3v) is 5.33. The standard InChI is InChI=1S/C28H28O6/c1-4-6-11-19-16-17-22(24(18-19)20-12-7-8-13-21(20)26(29)32-3)28(31)34-25-15-10-9-14-23(25)27(30)33-5-2/h7-10,12-18H,4-6,11H2,1-3H3. The van der Waals surface area contributed by atoms with Crippen LogP contribution in [0, 0.1) is 0 Å². The molecular formula is C28H28O6. The van der Waals surface area contributed by atoms with Gasteiger partial charge < -0.3 is 14.2 Å². The first-order chi connectivity index (χ1) is 16.5. The molecule has 0 aromatic heterocycles. The molecule has 6 nitrogen and oxygen atoms in total. The SMILES string of the molecule is CCCCc1ccc(C(=O)Oc2ccccc2C(=O)OCC)c(-c2ccccc2C(=O)OC)c1. The van der Waals surface area contributed by atoms with Gasteiger partial charge in [0.1, 0.15) is 11.3 Å². The van der Waals surface area contributed by atoms with Crippen LogP contribution in [0.5, 0.6) is 5.75 Å². The van der Waals surface area contributed by atoms with Gasteiger partial charge in [0, 0.05) is 0 Å². The fraction of sp³-hybridized carbons (Fsp3) is 0.250. The van der Waals surface area contributed by atoms with Crippen molar-refractivity contribution in [2.75, 3.05) is 13.7 Å². The van der Waals surface area contributed by atoms with Crippen molar-refractivity contribution in [1.82, 2.24) is 0 Å². The molecule has 0 bridgehead atoms. The molecule has 0 radical (unpaired) electrons. The van der Waals surface area contributed by atoms with Crippen LogP contribution in [0.2, 0.25) is 0 Å². The first kappa shape index (κ1) is 24.7. The Morgan fingerprint density at radius 1 is 0.735 bits per heavy atom. The maximum atomic E-state index is 13.3. The molecule has 0 N–H and O–H groups in total. The maximum Gasteiger partial charge on any atom is 0.344 e. The zero-order chi connectivity index (χ0) is 24.5. The van der Waals surface area contributed by atoms with Gasteiger partial charge in [0.2, 0.25) is 0 Å². The Labute approximate surface area is 199 Å². The number of hydrogen-bond donors (Lipinski definition) is 0. The largest absolute Gasteiger partial charge is 0.465 e. The number of rotatable bonds is 9. The number of carbonyl (C=O) groups excluding carboxylic acids is 3. The van der Waals surface area contributed by atoms with E-state index in [0.717, 1.165) is 24.8 Å². The van der Waals surface area contributed by atoms with Gasteiger partial charge in [0.15, 0.2) is 0 Å². The van der Waals surface area contributed by atoms with Crippen LogP contribution in [0.1, 0.15) is 63.3 Å². The maximum absolute atomic E-state index is 13.3. The van der Waals surface area contributed by atoms with Crippen molar-refractivity contribution in [2.24, 2.45) is 0 Å². The van der Waals surface area contributed by atoms with Crippen LogP contribution >= 0.6 is 0 Å². The van der Waals surface area contributed by atoms with Crippen LogP contribution in [0.3, 0.4) is 0 Å². The minimum absolute atomic E-state index is 0.105. The smallest absolute Gasteiger partial charge is 0.344 e. The van der Waals surface area contributed by atoms with Gasteiger partial charge in [-0.15, -0.1) is 0 Å². The highest BCUT2D eigenvalue weighted by Gasteiger charge is 2.22. The number of benzene rings is 3. The van der Waals surface area contributed by atoms with Crippen molar-refractivity contribution in [2.45, 2.75) is 33.1 Å². The van der Waals surface area contributed by atoms with Gasteiger partial charge >= 0.3 is 17.9 Å². The first-order valence-electron chi connectivity index (χ1n) is 11.3. The summed E-state index contributed by atoms with van der Waals surface area (Å²) in [7, 11) is 1.32. The van der Waals surface area contributed by atoms with E-state index < -0.39 is 17.9 Å². The predicted octanol–water partition coefficient (Wildman–Crippen LogP) is 5.88. The third kappa shape index (κ3) is 5.70. The Hall–Kier alpha value is -3.93. The molecule has 0 saturated heterocycles. The minimum atomic E-state index is -0.645. The number of unbranched alkanes of at least 4 members (excludes halogenated alkanes) is 1. The van der Waals surface area contributed by atoms with Crippen molar-refractivity contribution in [3.8, 4) is 16.9 Å². The van der Waals surface area contributed by atoms with Crippen molar-refractivity contribution in [3.05, 3.63) is 89.0 Å². The lowest BCUT2D eigenvalue weighted by molar-refractivity contribution is 0.0519. The van der Waals surface area contributed by atoms with Gasteiger partial charge in [-0.05, 0) is 60.7 Å². The van der Waals surface area contributed by atoms with E-state index in [1.807, 2.05) is 12.1 Å². The molecule has 3 aromatic rings. The van der Waals surface area contributed by atoms with Crippen molar-refractivity contribution in [3.63, 3.8) is 0 Å². The van der Waals surface area contributed by atoms with E-state index in [2.05, 4.69) is 6.92 Å². The van der Waals surface area contributed by atoms with E-state index in [-0.39, 0.29) is 23.5 Å². The minimum Gasteiger partial charge on any atom is -0.465 e. The van der Waals surface area contributed by atoms with E-state index >= 15 is 0 Å². The lowest BCUT2D eigenvalue weighted by Crippen LogP contribution is -2.14. The molecule has 0 heterocycles. The molecule has 0 atom stereocenters. The fourth-order valence-electron chi connectivity index (χ4n) is 3.62. The lowest BCUT2D eigenvalue weighted by Gasteiger charge is -2.15. The molecule has 176 valence electrons. The second-order valence-corrected chi connectivity index (χ2v) is 7.63. The summed E-state index contributed by atoms with van der Waals surface area (Å²) < 4.78 is 15.7. The van der Waals surface area contributed by atoms with E-state index in [1.165, 1.54) is 7.11 Å². The van der Waals surface area contributed by atoms with Crippen molar-refractivity contribution in [1.29, 1.82) is 0 Å². The lowest BCUT2D eigenvalue weighted by atomic mass is 9.92. The molecular weight excluding hydrogens is 432 g/mol. The molecule has 0 fully saturated rings. The number of para-hydroxylation sites is 1. The summed E-state index contributed by atoms with van der Waals surface area (Å²) in [5.74, 6) is -1.61. The zero-order valence-electron chi connectivity index (χ0n) is 19.6. The number of aryl methyl sites for hydroxylation is 1. The summed E-state index contributed by atoms with van der Waals surface area (Å²) in [5, 5.41) is 0. The second-order valence-electron chi connectivity index (χ2n) is 7.63. The van der Waals surface area contributed by atoms with Gasteiger partial charge in [-0.3, -0.25) is 0 Å². The molecule has 0 unspecified atom stereocenters. The molecule has 0 spiro atoms. The van der Waals surface area contributed by atoms with E-state index in [4.69, 9.17) is 14.2 Å².